The van der Waals surface area contributed by atoms with Crippen molar-refractivity contribution in [2.24, 2.45) is 0 Å². The number of fused-ring (bicyclic) bond motifs is 6. The molecule has 0 amide bonds. The highest BCUT2D eigenvalue weighted by Gasteiger charge is 2.35. The van der Waals surface area contributed by atoms with Crippen LogP contribution in [0.1, 0.15) is 25.0 Å². The van der Waals surface area contributed by atoms with Gasteiger partial charge in [0.1, 0.15) is 0 Å². The van der Waals surface area contributed by atoms with Gasteiger partial charge in [-0.15, -0.1) is 0 Å². The molecule has 9 aromatic rings. The van der Waals surface area contributed by atoms with Crippen LogP contribution in [0.3, 0.4) is 0 Å². The first-order valence-corrected chi connectivity index (χ1v) is 17.9. The van der Waals surface area contributed by atoms with Gasteiger partial charge >= 0.3 is 0 Å². The molecule has 0 aliphatic heterocycles. The summed E-state index contributed by atoms with van der Waals surface area (Å²) >= 11 is 0. The Morgan fingerprint density at radius 3 is 1.31 bits per heavy atom. The summed E-state index contributed by atoms with van der Waals surface area (Å²) in [6.45, 7) is 4.76. The van der Waals surface area contributed by atoms with Crippen LogP contribution in [0.25, 0.3) is 88.0 Å². The molecule has 0 saturated heterocycles. The summed E-state index contributed by atoms with van der Waals surface area (Å²) in [6, 6.07) is 67.4. The van der Waals surface area contributed by atoms with Gasteiger partial charge in [0.15, 0.2) is 0 Å². The highest BCUT2D eigenvalue weighted by molar-refractivity contribution is 5.97. The summed E-state index contributed by atoms with van der Waals surface area (Å²) in [5.41, 5.74) is 15.4. The van der Waals surface area contributed by atoms with Gasteiger partial charge < -0.3 is 0 Å². The molecule has 0 aromatic heterocycles. The summed E-state index contributed by atoms with van der Waals surface area (Å²) in [6.07, 6.45) is 0. The van der Waals surface area contributed by atoms with Crippen molar-refractivity contribution in [1.82, 2.24) is 0 Å². The number of benzene rings is 9. The fourth-order valence-electron chi connectivity index (χ4n) is 8.39. The van der Waals surface area contributed by atoms with Gasteiger partial charge in [0.2, 0.25) is 0 Å². The number of hydrogen-bond donors (Lipinski definition) is 0. The second kappa shape index (κ2) is 11.4. The molecule has 0 nitrogen and oxygen atoms in total. The van der Waals surface area contributed by atoms with E-state index in [1.54, 1.807) is 0 Å². The topological polar surface area (TPSA) is 0 Å². The summed E-state index contributed by atoms with van der Waals surface area (Å²) in [4.78, 5) is 0. The third-order valence-electron chi connectivity index (χ3n) is 11.3. The van der Waals surface area contributed by atoms with Crippen LogP contribution in [0.15, 0.2) is 182 Å². The van der Waals surface area contributed by atoms with E-state index in [2.05, 4.69) is 196 Å². The standard InChI is InChI=1S/C51H36/c1-51(2)49-31-43(34-14-17-36(18-15-34)46-13-7-11-35-9-5-6-12-45(35)46)24-26-47(49)48-27-25-44(32-50(48)51)42-23-22-40-29-39(20-21-41(40)30-42)38-19-16-33-8-3-4-10-37(33)28-38/h3-32H,1-2H3. The highest BCUT2D eigenvalue weighted by atomic mass is 14.4. The van der Waals surface area contributed by atoms with E-state index < -0.39 is 0 Å². The molecule has 1 aliphatic carbocycles. The fourth-order valence-corrected chi connectivity index (χ4v) is 8.39. The minimum atomic E-state index is -0.106. The molecule has 9 aromatic carbocycles. The Labute approximate surface area is 299 Å². The SMILES string of the molecule is CC1(C)c2cc(-c3ccc(-c4cccc5ccccc45)cc3)ccc2-c2ccc(-c3ccc4cc(-c5ccc6ccccc6c5)ccc4c3)cc21. The maximum Gasteiger partial charge on any atom is 0.0159 e. The van der Waals surface area contributed by atoms with Crippen molar-refractivity contribution in [2.45, 2.75) is 19.3 Å². The lowest BCUT2D eigenvalue weighted by Crippen LogP contribution is -2.15. The Balaban J connectivity index is 0.949. The van der Waals surface area contributed by atoms with Crippen LogP contribution >= 0.6 is 0 Å². The van der Waals surface area contributed by atoms with Crippen LogP contribution in [0.5, 0.6) is 0 Å². The maximum absolute atomic E-state index is 2.43. The second-order valence-corrected chi connectivity index (χ2v) is 14.6. The predicted molar refractivity (Wildman–Crippen MR) is 218 cm³/mol. The van der Waals surface area contributed by atoms with Crippen LogP contribution in [-0.4, -0.2) is 0 Å². The Morgan fingerprint density at radius 1 is 0.275 bits per heavy atom. The van der Waals surface area contributed by atoms with Crippen LogP contribution in [0.4, 0.5) is 0 Å². The molecule has 0 atom stereocenters. The second-order valence-electron chi connectivity index (χ2n) is 14.6. The van der Waals surface area contributed by atoms with Crippen molar-refractivity contribution >= 4 is 32.3 Å². The van der Waals surface area contributed by atoms with E-state index in [1.165, 1.54) is 99.1 Å². The first-order chi connectivity index (χ1) is 25.0. The first kappa shape index (κ1) is 29.7. The smallest absolute Gasteiger partial charge is 0.0159 e. The van der Waals surface area contributed by atoms with Crippen molar-refractivity contribution in [3.05, 3.63) is 193 Å². The molecular weight excluding hydrogens is 613 g/mol. The number of hydrogen-bond acceptors (Lipinski definition) is 0. The van der Waals surface area contributed by atoms with Crippen LogP contribution in [-0.2, 0) is 5.41 Å². The normalized spacial score (nSPS) is 13.1. The van der Waals surface area contributed by atoms with Crippen molar-refractivity contribution in [3.8, 4) is 55.6 Å². The largest absolute Gasteiger partial charge is 0.0616 e. The quantitative estimate of drug-likeness (QED) is 0.178. The molecular formula is C51H36. The van der Waals surface area contributed by atoms with Gasteiger partial charge in [-0.3, -0.25) is 0 Å². The fraction of sp³-hybridized carbons (Fsp3) is 0.0588. The third kappa shape index (κ3) is 4.90. The molecule has 0 unspecified atom stereocenters. The molecule has 0 spiro atoms. The van der Waals surface area contributed by atoms with Gasteiger partial charge in [-0.1, -0.05) is 166 Å². The van der Waals surface area contributed by atoms with Gasteiger partial charge in [0, 0.05) is 5.41 Å². The average Bonchev–Trinajstić information content (AvgIpc) is 3.42. The van der Waals surface area contributed by atoms with Gasteiger partial charge in [-0.25, -0.2) is 0 Å². The Hall–Kier alpha value is -6.24. The zero-order chi connectivity index (χ0) is 34.1. The van der Waals surface area contributed by atoms with E-state index in [9.17, 15) is 0 Å². The minimum absolute atomic E-state index is 0.106. The molecule has 51 heavy (non-hydrogen) atoms. The van der Waals surface area contributed by atoms with Gasteiger partial charge in [0.25, 0.3) is 0 Å². The van der Waals surface area contributed by atoms with Crippen molar-refractivity contribution in [1.29, 1.82) is 0 Å². The van der Waals surface area contributed by atoms with E-state index in [-0.39, 0.29) is 5.41 Å². The third-order valence-corrected chi connectivity index (χ3v) is 11.3. The van der Waals surface area contributed by atoms with Crippen LogP contribution in [0, 0.1) is 0 Å². The summed E-state index contributed by atoms with van der Waals surface area (Å²) in [5.74, 6) is 0. The Kier molecular flexibility index (Phi) is 6.63. The summed E-state index contributed by atoms with van der Waals surface area (Å²) in [7, 11) is 0. The van der Waals surface area contributed by atoms with Crippen molar-refractivity contribution in [3.63, 3.8) is 0 Å². The van der Waals surface area contributed by atoms with Crippen molar-refractivity contribution in [2.75, 3.05) is 0 Å². The van der Waals surface area contributed by atoms with E-state index in [0.29, 0.717) is 0 Å². The first-order valence-electron chi connectivity index (χ1n) is 17.9. The lowest BCUT2D eigenvalue weighted by molar-refractivity contribution is 0.661. The lowest BCUT2D eigenvalue weighted by atomic mass is 9.80. The molecule has 0 bridgehead atoms. The lowest BCUT2D eigenvalue weighted by Gasteiger charge is -2.22. The summed E-state index contributed by atoms with van der Waals surface area (Å²) < 4.78 is 0. The van der Waals surface area contributed by atoms with E-state index >= 15 is 0 Å². The molecule has 240 valence electrons. The van der Waals surface area contributed by atoms with E-state index in [1.807, 2.05) is 0 Å². The maximum atomic E-state index is 2.43. The molecule has 10 rings (SSSR count). The molecule has 0 radical (unpaired) electrons. The van der Waals surface area contributed by atoms with Gasteiger partial charge in [0.05, 0.1) is 0 Å². The summed E-state index contributed by atoms with van der Waals surface area (Å²) in [5, 5.41) is 7.63. The molecule has 0 fully saturated rings. The highest BCUT2D eigenvalue weighted by Crippen LogP contribution is 2.51. The van der Waals surface area contributed by atoms with Crippen molar-refractivity contribution < 1.29 is 0 Å². The molecule has 0 heteroatoms. The number of rotatable bonds is 4. The van der Waals surface area contributed by atoms with Gasteiger partial charge in [-0.2, -0.15) is 0 Å². The predicted octanol–water partition coefficient (Wildman–Crippen LogP) is 14.1. The molecule has 0 heterocycles. The van der Waals surface area contributed by atoms with Crippen LogP contribution in [0.2, 0.25) is 0 Å². The van der Waals surface area contributed by atoms with E-state index in [4.69, 9.17) is 0 Å². The molecule has 1 aliphatic rings. The zero-order valence-corrected chi connectivity index (χ0v) is 28.8. The molecule has 0 N–H and O–H groups in total. The Morgan fingerprint density at radius 2 is 0.686 bits per heavy atom. The van der Waals surface area contributed by atoms with Gasteiger partial charge in [-0.05, 0) is 129 Å². The molecule has 0 saturated carbocycles. The average molecular weight is 649 g/mol. The monoisotopic (exact) mass is 648 g/mol. The zero-order valence-electron chi connectivity index (χ0n) is 28.8. The Bertz CT molecular complexity index is 2810. The minimum Gasteiger partial charge on any atom is -0.0616 e. The van der Waals surface area contributed by atoms with Crippen LogP contribution < -0.4 is 0 Å². The van der Waals surface area contributed by atoms with E-state index in [0.717, 1.165) is 0 Å².